The number of aromatic nitrogens is 3. The van der Waals surface area contributed by atoms with E-state index < -0.39 is 16.8 Å². The van der Waals surface area contributed by atoms with Crippen molar-refractivity contribution in [2.24, 2.45) is 10.8 Å². The van der Waals surface area contributed by atoms with Gasteiger partial charge in [-0.05, 0) is 56.2 Å². The molecule has 204 valence electrons. The second-order valence-corrected chi connectivity index (χ2v) is 11.6. The van der Waals surface area contributed by atoms with E-state index in [4.69, 9.17) is 20.9 Å². The van der Waals surface area contributed by atoms with E-state index in [0.29, 0.717) is 39.1 Å². The van der Waals surface area contributed by atoms with Gasteiger partial charge in [0.15, 0.2) is 12.4 Å². The summed E-state index contributed by atoms with van der Waals surface area (Å²) in [5.74, 6) is -0.448. The van der Waals surface area contributed by atoms with Gasteiger partial charge >= 0.3 is 5.97 Å². The van der Waals surface area contributed by atoms with E-state index in [2.05, 4.69) is 10.1 Å². The molecule has 0 aliphatic heterocycles. The minimum atomic E-state index is -1.26. The normalized spacial score (nSPS) is 12.1. The number of fused-ring (bicyclic) bond motifs is 1. The van der Waals surface area contributed by atoms with Crippen LogP contribution in [-0.2, 0) is 17.8 Å². The number of hydrogen-bond donors (Lipinski definition) is 1. The number of Topliss-reactive ketones (excluding diaryl/α,β-unsaturated/α-hetero) is 1. The molecule has 3 aromatic heterocycles. The number of nitrogens with zero attached hydrogens (tertiary/aromatic N) is 3. The van der Waals surface area contributed by atoms with Crippen LogP contribution in [0.3, 0.4) is 0 Å². The molecule has 0 saturated carbocycles. The van der Waals surface area contributed by atoms with Crippen LogP contribution < -0.4 is 4.74 Å². The van der Waals surface area contributed by atoms with E-state index >= 15 is 0 Å². The van der Waals surface area contributed by atoms with E-state index in [1.807, 2.05) is 0 Å². The highest BCUT2D eigenvalue weighted by Crippen LogP contribution is 2.37. The third-order valence-corrected chi connectivity index (χ3v) is 6.63. The number of pyridine rings is 1. The standard InChI is InChI=1S/C29H30ClN3O6/c1-16-31-22(32-39-16)15-38-19-11-12-33-21(13-19)23(26(35)28(2,3)4)20(14-29(5,6)27(36)37)24(33)25(34)17-7-9-18(30)10-8-17/h7-13H,14-15H2,1-6H3,(H,36,37). The number of carboxylic acid groups (broad SMARTS) is 1. The zero-order chi connectivity index (χ0) is 28.7. The van der Waals surface area contributed by atoms with Crippen LogP contribution >= 0.6 is 11.6 Å². The molecule has 1 N–H and O–H groups in total. The number of carbonyl (C=O) groups excluding carboxylic acids is 2. The van der Waals surface area contributed by atoms with Crippen LogP contribution in [0.25, 0.3) is 5.52 Å². The van der Waals surface area contributed by atoms with Crippen molar-refractivity contribution in [1.29, 1.82) is 0 Å². The van der Waals surface area contributed by atoms with Crippen LogP contribution in [0.2, 0.25) is 5.02 Å². The molecule has 39 heavy (non-hydrogen) atoms. The van der Waals surface area contributed by atoms with Crippen LogP contribution in [0.4, 0.5) is 0 Å². The minimum absolute atomic E-state index is 0.0340. The van der Waals surface area contributed by atoms with Crippen molar-refractivity contribution < 1.29 is 28.8 Å². The van der Waals surface area contributed by atoms with Crippen molar-refractivity contribution in [1.82, 2.24) is 14.5 Å². The topological polar surface area (TPSA) is 124 Å². The Balaban J connectivity index is 1.96. The maximum Gasteiger partial charge on any atom is 0.309 e. The summed E-state index contributed by atoms with van der Waals surface area (Å²) in [4.78, 5) is 44.1. The lowest BCUT2D eigenvalue weighted by Crippen LogP contribution is -2.29. The van der Waals surface area contributed by atoms with Crippen molar-refractivity contribution in [3.05, 3.63) is 81.7 Å². The number of ketones is 2. The van der Waals surface area contributed by atoms with Gasteiger partial charge in [0.05, 0.1) is 16.6 Å². The van der Waals surface area contributed by atoms with Gasteiger partial charge in [-0.3, -0.25) is 14.4 Å². The molecule has 9 nitrogen and oxygen atoms in total. The van der Waals surface area contributed by atoms with E-state index in [-0.39, 0.29) is 35.9 Å². The summed E-state index contributed by atoms with van der Waals surface area (Å²) in [6.45, 7) is 10.2. The Morgan fingerprint density at radius 1 is 1.08 bits per heavy atom. The summed E-state index contributed by atoms with van der Waals surface area (Å²) in [5.41, 5.74) is -0.412. The fourth-order valence-corrected chi connectivity index (χ4v) is 4.35. The van der Waals surface area contributed by atoms with Gasteiger partial charge in [0.25, 0.3) is 0 Å². The molecular weight excluding hydrogens is 522 g/mol. The average molecular weight is 552 g/mol. The second kappa shape index (κ2) is 10.3. The van der Waals surface area contributed by atoms with Gasteiger partial charge in [-0.2, -0.15) is 4.98 Å². The molecule has 4 rings (SSSR count). The fraction of sp³-hybridized carbons (Fsp3) is 0.345. The Bertz CT molecular complexity index is 1580. The number of ether oxygens (including phenoxy) is 1. The summed E-state index contributed by atoms with van der Waals surface area (Å²) < 4.78 is 12.5. The largest absolute Gasteiger partial charge is 0.485 e. The molecule has 4 aromatic rings. The third kappa shape index (κ3) is 5.73. The number of carboxylic acids is 1. The van der Waals surface area contributed by atoms with Crippen LogP contribution in [-0.4, -0.2) is 37.2 Å². The molecule has 0 aliphatic rings. The lowest BCUT2D eigenvalue weighted by Gasteiger charge is -2.22. The molecule has 0 spiro atoms. The van der Waals surface area contributed by atoms with Crippen molar-refractivity contribution in [2.75, 3.05) is 0 Å². The van der Waals surface area contributed by atoms with Gasteiger partial charge in [-0.15, -0.1) is 0 Å². The summed E-state index contributed by atoms with van der Waals surface area (Å²) in [6, 6.07) is 9.76. The lowest BCUT2D eigenvalue weighted by atomic mass is 9.79. The first-order valence-electron chi connectivity index (χ1n) is 12.4. The van der Waals surface area contributed by atoms with Crippen molar-refractivity contribution >= 4 is 34.7 Å². The number of benzene rings is 1. The van der Waals surface area contributed by atoms with E-state index in [9.17, 15) is 19.5 Å². The van der Waals surface area contributed by atoms with Crippen molar-refractivity contribution in [3.63, 3.8) is 0 Å². The van der Waals surface area contributed by atoms with Gasteiger partial charge in [-0.1, -0.05) is 37.5 Å². The Morgan fingerprint density at radius 3 is 2.31 bits per heavy atom. The molecule has 10 heteroatoms. The highest BCUT2D eigenvalue weighted by molar-refractivity contribution is 6.30. The molecule has 0 atom stereocenters. The average Bonchev–Trinajstić information content (AvgIpc) is 3.41. The van der Waals surface area contributed by atoms with Gasteiger partial charge in [0, 0.05) is 40.8 Å². The van der Waals surface area contributed by atoms with Crippen LogP contribution in [0.5, 0.6) is 5.75 Å². The molecule has 0 bridgehead atoms. The highest BCUT2D eigenvalue weighted by atomic mass is 35.5. The molecule has 0 radical (unpaired) electrons. The molecular formula is C29H30ClN3O6. The number of rotatable bonds is 9. The van der Waals surface area contributed by atoms with E-state index in [1.54, 1.807) is 88.5 Å². The Kier molecular flexibility index (Phi) is 7.40. The predicted octanol–water partition coefficient (Wildman–Crippen LogP) is 5.98. The first kappa shape index (κ1) is 28.0. The number of halogens is 1. The number of aryl methyl sites for hydroxylation is 1. The molecule has 0 saturated heterocycles. The fourth-order valence-electron chi connectivity index (χ4n) is 4.23. The Labute approximate surface area is 230 Å². The molecule has 0 aliphatic carbocycles. The quantitative estimate of drug-likeness (QED) is 0.252. The zero-order valence-electron chi connectivity index (χ0n) is 22.7. The number of aliphatic carboxylic acids is 1. The van der Waals surface area contributed by atoms with E-state index in [0.717, 1.165) is 0 Å². The lowest BCUT2D eigenvalue weighted by molar-refractivity contribution is -0.146. The number of carbonyl (C=O) groups is 3. The number of hydrogen-bond acceptors (Lipinski definition) is 7. The maximum absolute atomic E-state index is 14.0. The minimum Gasteiger partial charge on any atom is -0.485 e. The van der Waals surface area contributed by atoms with Crippen LogP contribution in [0.1, 0.15) is 78.3 Å². The molecule has 0 amide bonds. The molecule has 0 unspecified atom stereocenters. The van der Waals surface area contributed by atoms with Gasteiger partial charge < -0.3 is 18.8 Å². The smallest absolute Gasteiger partial charge is 0.309 e. The maximum atomic E-state index is 14.0. The monoisotopic (exact) mass is 551 g/mol. The SMILES string of the molecule is Cc1nc(COc2ccn3c(C(=O)c4ccc(Cl)cc4)c(CC(C)(C)C(=O)O)c(C(=O)C(C)(C)C)c3c2)no1. The van der Waals surface area contributed by atoms with Crippen LogP contribution in [0.15, 0.2) is 47.1 Å². The van der Waals surface area contributed by atoms with Gasteiger partial charge in [-0.25, -0.2) is 0 Å². The first-order valence-corrected chi connectivity index (χ1v) is 12.7. The zero-order valence-corrected chi connectivity index (χ0v) is 23.4. The summed E-state index contributed by atoms with van der Waals surface area (Å²) >= 11 is 6.04. The summed E-state index contributed by atoms with van der Waals surface area (Å²) in [7, 11) is 0. The van der Waals surface area contributed by atoms with E-state index in [1.165, 1.54) is 0 Å². The Morgan fingerprint density at radius 2 is 1.74 bits per heavy atom. The summed E-state index contributed by atoms with van der Waals surface area (Å²) in [6.07, 6.45) is 1.60. The van der Waals surface area contributed by atoms with Gasteiger partial charge in [0.2, 0.25) is 17.5 Å². The predicted molar refractivity (Wildman–Crippen MR) is 145 cm³/mol. The van der Waals surface area contributed by atoms with Crippen LogP contribution in [0, 0.1) is 17.8 Å². The second-order valence-electron chi connectivity index (χ2n) is 11.1. The summed E-state index contributed by atoms with van der Waals surface area (Å²) in [5, 5.41) is 14.2. The molecule has 1 aromatic carbocycles. The molecule has 0 fully saturated rings. The first-order chi connectivity index (χ1) is 18.2. The van der Waals surface area contributed by atoms with Crippen molar-refractivity contribution in [2.45, 2.75) is 54.6 Å². The third-order valence-electron chi connectivity index (χ3n) is 6.38. The highest BCUT2D eigenvalue weighted by Gasteiger charge is 2.37. The van der Waals surface area contributed by atoms with Crippen molar-refractivity contribution in [3.8, 4) is 5.75 Å². The molecule has 3 heterocycles. The van der Waals surface area contributed by atoms with Gasteiger partial charge in [0.1, 0.15) is 5.75 Å². The Hall–Kier alpha value is -3.98.